The molecule has 6 nitrogen and oxygen atoms in total. The highest BCUT2D eigenvalue weighted by Gasteiger charge is 2.18. The molecule has 0 aromatic carbocycles. The zero-order valence-corrected chi connectivity index (χ0v) is 9.62. The zero-order valence-electron chi connectivity index (χ0n) is 9.62. The molecular formula is C11H13N3O3. The Kier molecular flexibility index (Phi) is 2.95. The van der Waals surface area contributed by atoms with Crippen molar-refractivity contribution in [2.24, 2.45) is 5.92 Å². The van der Waals surface area contributed by atoms with Crippen LogP contribution in [0.5, 0.6) is 0 Å². The van der Waals surface area contributed by atoms with Gasteiger partial charge in [-0.05, 0) is 12.0 Å². The Morgan fingerprint density at radius 1 is 1.59 bits per heavy atom. The van der Waals surface area contributed by atoms with Crippen molar-refractivity contribution in [3.05, 3.63) is 24.0 Å². The van der Waals surface area contributed by atoms with Crippen molar-refractivity contribution >= 4 is 5.97 Å². The third-order valence-electron chi connectivity index (χ3n) is 2.23. The molecule has 0 bridgehead atoms. The van der Waals surface area contributed by atoms with Gasteiger partial charge in [0.15, 0.2) is 0 Å². The Bertz CT molecular complexity index is 528. The minimum absolute atomic E-state index is 0.0276. The molecule has 2 aromatic heterocycles. The first-order chi connectivity index (χ1) is 8.08. The van der Waals surface area contributed by atoms with E-state index in [1.165, 1.54) is 6.20 Å². The minimum atomic E-state index is -1.07. The molecule has 2 heterocycles. The maximum atomic E-state index is 10.9. The third kappa shape index (κ3) is 2.35. The van der Waals surface area contributed by atoms with Crippen molar-refractivity contribution in [2.45, 2.75) is 20.4 Å². The second-order valence-corrected chi connectivity index (χ2v) is 4.19. The van der Waals surface area contributed by atoms with E-state index in [0.717, 1.165) is 6.54 Å². The number of aromatic carboxylic acids is 1. The number of hydrogen-bond acceptors (Lipinski definition) is 4. The fourth-order valence-corrected chi connectivity index (χ4v) is 1.54. The fourth-order valence-electron chi connectivity index (χ4n) is 1.54. The standard InChI is InChI=1S/C11H13N3O3/c1-7(2)6-14-4-3-9(13-14)10-8(11(15)16)5-12-17-10/h3-5,7H,6H2,1-2H3,(H,15,16). The number of carbonyl (C=O) groups is 1. The maximum absolute atomic E-state index is 10.9. The lowest BCUT2D eigenvalue weighted by Crippen LogP contribution is -2.05. The van der Waals surface area contributed by atoms with E-state index in [-0.39, 0.29) is 11.3 Å². The summed E-state index contributed by atoms with van der Waals surface area (Å²) in [6.07, 6.45) is 2.97. The van der Waals surface area contributed by atoms with Crippen LogP contribution >= 0.6 is 0 Å². The second kappa shape index (κ2) is 4.40. The minimum Gasteiger partial charge on any atom is -0.477 e. The van der Waals surface area contributed by atoms with Crippen molar-refractivity contribution < 1.29 is 14.4 Å². The van der Waals surface area contributed by atoms with E-state index in [4.69, 9.17) is 9.63 Å². The van der Waals surface area contributed by atoms with Crippen molar-refractivity contribution in [3.8, 4) is 11.5 Å². The molecule has 0 aliphatic carbocycles. The Labute approximate surface area is 97.8 Å². The number of carboxylic acid groups (broad SMARTS) is 1. The van der Waals surface area contributed by atoms with Gasteiger partial charge in [-0.15, -0.1) is 0 Å². The van der Waals surface area contributed by atoms with Crippen LogP contribution in [0.4, 0.5) is 0 Å². The smallest absolute Gasteiger partial charge is 0.341 e. The molecule has 90 valence electrons. The van der Waals surface area contributed by atoms with Gasteiger partial charge in [-0.3, -0.25) is 4.68 Å². The predicted octanol–water partition coefficient (Wildman–Crippen LogP) is 1.89. The summed E-state index contributed by atoms with van der Waals surface area (Å²) in [7, 11) is 0. The number of carboxylic acids is 1. The second-order valence-electron chi connectivity index (χ2n) is 4.19. The third-order valence-corrected chi connectivity index (χ3v) is 2.23. The average molecular weight is 235 g/mol. The van der Waals surface area contributed by atoms with Crippen molar-refractivity contribution in [2.75, 3.05) is 0 Å². The molecule has 0 unspecified atom stereocenters. The number of hydrogen-bond donors (Lipinski definition) is 1. The molecule has 0 fully saturated rings. The molecule has 2 rings (SSSR count). The average Bonchev–Trinajstić information content (AvgIpc) is 2.82. The topological polar surface area (TPSA) is 81.2 Å². The normalized spacial score (nSPS) is 11.0. The highest BCUT2D eigenvalue weighted by Crippen LogP contribution is 2.21. The molecular weight excluding hydrogens is 222 g/mol. The van der Waals surface area contributed by atoms with Crippen LogP contribution < -0.4 is 0 Å². The van der Waals surface area contributed by atoms with Gasteiger partial charge in [0.1, 0.15) is 11.3 Å². The summed E-state index contributed by atoms with van der Waals surface area (Å²) in [6.45, 7) is 4.94. The van der Waals surface area contributed by atoms with E-state index in [9.17, 15) is 4.79 Å². The van der Waals surface area contributed by atoms with Gasteiger partial charge in [-0.2, -0.15) is 5.10 Å². The summed E-state index contributed by atoms with van der Waals surface area (Å²) < 4.78 is 6.68. The summed E-state index contributed by atoms with van der Waals surface area (Å²) >= 11 is 0. The van der Waals surface area contributed by atoms with Gasteiger partial charge in [0.05, 0.1) is 6.20 Å². The number of aromatic nitrogens is 3. The lowest BCUT2D eigenvalue weighted by atomic mass is 10.2. The van der Waals surface area contributed by atoms with E-state index < -0.39 is 5.97 Å². The molecule has 0 saturated carbocycles. The first kappa shape index (κ1) is 11.4. The van der Waals surface area contributed by atoms with Crippen molar-refractivity contribution in [3.63, 3.8) is 0 Å². The number of nitrogens with zero attached hydrogens (tertiary/aromatic N) is 3. The van der Waals surface area contributed by atoms with Crippen LogP contribution in [0.3, 0.4) is 0 Å². The van der Waals surface area contributed by atoms with Gasteiger partial charge < -0.3 is 9.63 Å². The Morgan fingerprint density at radius 3 is 3.00 bits per heavy atom. The Hall–Kier alpha value is -2.11. The van der Waals surface area contributed by atoms with Gasteiger partial charge in [0.25, 0.3) is 0 Å². The Morgan fingerprint density at radius 2 is 2.35 bits per heavy atom. The van der Waals surface area contributed by atoms with E-state index >= 15 is 0 Å². The lowest BCUT2D eigenvalue weighted by Gasteiger charge is -2.03. The summed E-state index contributed by atoms with van der Waals surface area (Å²) in [4.78, 5) is 10.9. The summed E-state index contributed by atoms with van der Waals surface area (Å²) in [5, 5.41) is 16.7. The van der Waals surface area contributed by atoms with Gasteiger partial charge in [-0.25, -0.2) is 4.79 Å². The molecule has 17 heavy (non-hydrogen) atoms. The van der Waals surface area contributed by atoms with Crippen LogP contribution in [0.2, 0.25) is 0 Å². The van der Waals surface area contributed by atoms with Crippen LogP contribution in [0.1, 0.15) is 24.2 Å². The largest absolute Gasteiger partial charge is 0.477 e. The van der Waals surface area contributed by atoms with E-state index in [0.29, 0.717) is 11.6 Å². The molecule has 1 N–H and O–H groups in total. The van der Waals surface area contributed by atoms with Crippen LogP contribution in [0.25, 0.3) is 11.5 Å². The van der Waals surface area contributed by atoms with E-state index in [2.05, 4.69) is 24.1 Å². The summed E-state index contributed by atoms with van der Waals surface area (Å²) in [5.74, 6) is -0.406. The molecule has 0 radical (unpaired) electrons. The van der Waals surface area contributed by atoms with Crippen LogP contribution in [-0.4, -0.2) is 26.0 Å². The highest BCUT2D eigenvalue weighted by molar-refractivity contribution is 5.93. The summed E-state index contributed by atoms with van der Waals surface area (Å²) in [6, 6.07) is 1.72. The predicted molar refractivity (Wildman–Crippen MR) is 59.5 cm³/mol. The summed E-state index contributed by atoms with van der Waals surface area (Å²) in [5.41, 5.74) is 0.514. The monoisotopic (exact) mass is 235 g/mol. The number of rotatable bonds is 4. The van der Waals surface area contributed by atoms with Crippen LogP contribution in [-0.2, 0) is 6.54 Å². The van der Waals surface area contributed by atoms with Gasteiger partial charge in [-0.1, -0.05) is 19.0 Å². The van der Waals surface area contributed by atoms with E-state index in [1.54, 1.807) is 16.9 Å². The zero-order chi connectivity index (χ0) is 12.4. The molecule has 0 spiro atoms. The first-order valence-electron chi connectivity index (χ1n) is 5.29. The molecule has 0 aliphatic heterocycles. The molecule has 6 heteroatoms. The maximum Gasteiger partial charge on any atom is 0.341 e. The molecule has 2 aromatic rings. The SMILES string of the molecule is CC(C)Cn1ccc(-c2oncc2C(=O)O)n1. The van der Waals surface area contributed by atoms with Gasteiger partial charge >= 0.3 is 5.97 Å². The highest BCUT2D eigenvalue weighted by atomic mass is 16.5. The van der Waals surface area contributed by atoms with Crippen molar-refractivity contribution in [1.29, 1.82) is 0 Å². The van der Waals surface area contributed by atoms with E-state index in [1.807, 2.05) is 0 Å². The lowest BCUT2D eigenvalue weighted by molar-refractivity contribution is 0.0697. The molecule has 0 atom stereocenters. The fraction of sp³-hybridized carbons (Fsp3) is 0.364. The van der Waals surface area contributed by atoms with Crippen molar-refractivity contribution in [1.82, 2.24) is 14.9 Å². The van der Waals surface area contributed by atoms with Gasteiger partial charge in [0, 0.05) is 12.7 Å². The molecule has 0 saturated heterocycles. The van der Waals surface area contributed by atoms with Crippen LogP contribution in [0.15, 0.2) is 23.0 Å². The molecule has 0 aliphatic rings. The quantitative estimate of drug-likeness (QED) is 0.875. The van der Waals surface area contributed by atoms with Gasteiger partial charge in [0.2, 0.25) is 5.76 Å². The molecule has 0 amide bonds. The Balaban J connectivity index is 2.30. The van der Waals surface area contributed by atoms with Crippen LogP contribution in [0, 0.1) is 5.92 Å². The first-order valence-corrected chi connectivity index (χ1v) is 5.29.